The summed E-state index contributed by atoms with van der Waals surface area (Å²) in [4.78, 5) is 2.58. The van der Waals surface area contributed by atoms with Crippen LogP contribution in [0, 0.1) is 5.41 Å². The highest BCUT2D eigenvalue weighted by atomic mass is 16.5. The second-order valence-corrected chi connectivity index (χ2v) is 6.13. The fourth-order valence-corrected chi connectivity index (χ4v) is 3.45. The van der Waals surface area contributed by atoms with E-state index in [1.807, 2.05) is 6.07 Å². The number of benzene rings is 1. The molecule has 2 aliphatic rings. The van der Waals surface area contributed by atoms with Crippen molar-refractivity contribution >= 4 is 0 Å². The molecule has 20 heavy (non-hydrogen) atoms. The molecule has 1 atom stereocenters. The number of ether oxygens (including phenoxy) is 1. The lowest BCUT2D eigenvalue weighted by atomic mass is 9.86. The zero-order valence-electron chi connectivity index (χ0n) is 12.1. The average Bonchev–Trinajstić information content (AvgIpc) is 3.08. The van der Waals surface area contributed by atoms with Crippen LogP contribution in [0.25, 0.3) is 0 Å². The molecule has 2 fully saturated rings. The molecule has 0 bridgehead atoms. The van der Waals surface area contributed by atoms with E-state index < -0.39 is 0 Å². The van der Waals surface area contributed by atoms with Gasteiger partial charge in [-0.1, -0.05) is 24.8 Å². The van der Waals surface area contributed by atoms with Gasteiger partial charge in [0.2, 0.25) is 0 Å². The topological polar surface area (TPSA) is 24.5 Å². The molecular weight excluding hydrogens is 248 g/mol. The molecule has 0 aromatic heterocycles. The summed E-state index contributed by atoms with van der Waals surface area (Å²) >= 11 is 0. The van der Waals surface area contributed by atoms with Crippen LogP contribution < -0.4 is 10.1 Å². The predicted molar refractivity (Wildman–Crippen MR) is 81.9 cm³/mol. The van der Waals surface area contributed by atoms with Gasteiger partial charge in [-0.2, -0.15) is 0 Å². The van der Waals surface area contributed by atoms with Gasteiger partial charge >= 0.3 is 0 Å². The fraction of sp³-hybridized carbons (Fsp3) is 0.529. The zero-order chi connectivity index (χ0) is 13.8. The van der Waals surface area contributed by atoms with Crippen LogP contribution in [0.4, 0.5) is 0 Å². The van der Waals surface area contributed by atoms with Crippen molar-refractivity contribution in [3.63, 3.8) is 0 Å². The molecule has 2 aliphatic heterocycles. The molecule has 1 spiro atoms. The Hall–Kier alpha value is -1.32. The van der Waals surface area contributed by atoms with Gasteiger partial charge in [0, 0.05) is 19.6 Å². The van der Waals surface area contributed by atoms with Crippen molar-refractivity contribution in [2.75, 3.05) is 32.8 Å². The number of hydrogen-bond acceptors (Lipinski definition) is 3. The first-order valence-electron chi connectivity index (χ1n) is 7.55. The average molecular weight is 272 g/mol. The predicted octanol–water partition coefficient (Wildman–Crippen LogP) is 2.44. The maximum absolute atomic E-state index is 5.61. The third kappa shape index (κ3) is 3.05. The van der Waals surface area contributed by atoms with Crippen molar-refractivity contribution in [1.82, 2.24) is 10.2 Å². The minimum atomic E-state index is 0.553. The Morgan fingerprint density at radius 3 is 3.15 bits per heavy atom. The lowest BCUT2D eigenvalue weighted by Gasteiger charge is -2.23. The smallest absolute Gasteiger partial charge is 0.120 e. The summed E-state index contributed by atoms with van der Waals surface area (Å²) in [5, 5.41) is 3.52. The minimum Gasteiger partial charge on any atom is -0.490 e. The van der Waals surface area contributed by atoms with Gasteiger partial charge in [0.1, 0.15) is 12.4 Å². The Balaban J connectivity index is 1.59. The van der Waals surface area contributed by atoms with Crippen LogP contribution in [0.2, 0.25) is 0 Å². The van der Waals surface area contributed by atoms with E-state index in [-0.39, 0.29) is 0 Å². The van der Waals surface area contributed by atoms with Crippen LogP contribution in [0.3, 0.4) is 0 Å². The molecule has 3 nitrogen and oxygen atoms in total. The summed E-state index contributed by atoms with van der Waals surface area (Å²) in [6, 6.07) is 8.44. The van der Waals surface area contributed by atoms with E-state index in [0.29, 0.717) is 12.0 Å². The van der Waals surface area contributed by atoms with Gasteiger partial charge in [0.25, 0.3) is 0 Å². The second kappa shape index (κ2) is 5.98. The lowest BCUT2D eigenvalue weighted by Crippen LogP contribution is -2.28. The Morgan fingerprint density at radius 1 is 1.40 bits per heavy atom. The molecule has 0 saturated carbocycles. The SMILES string of the molecule is C=CCOc1cccc(CN2CCC3(CCNC3)C2)c1. The molecule has 1 aromatic carbocycles. The summed E-state index contributed by atoms with van der Waals surface area (Å²) in [5.41, 5.74) is 1.89. The van der Waals surface area contributed by atoms with Gasteiger partial charge in [-0.25, -0.2) is 0 Å². The molecule has 108 valence electrons. The highest BCUT2D eigenvalue weighted by Crippen LogP contribution is 2.36. The van der Waals surface area contributed by atoms with E-state index in [9.17, 15) is 0 Å². The largest absolute Gasteiger partial charge is 0.490 e. The third-order valence-corrected chi connectivity index (χ3v) is 4.52. The Morgan fingerprint density at radius 2 is 2.35 bits per heavy atom. The van der Waals surface area contributed by atoms with E-state index in [4.69, 9.17) is 4.74 Å². The van der Waals surface area contributed by atoms with Crippen LogP contribution in [0.1, 0.15) is 18.4 Å². The lowest BCUT2D eigenvalue weighted by molar-refractivity contribution is 0.268. The Bertz CT molecular complexity index is 466. The molecule has 0 radical (unpaired) electrons. The zero-order valence-corrected chi connectivity index (χ0v) is 12.1. The third-order valence-electron chi connectivity index (χ3n) is 4.52. The van der Waals surface area contributed by atoms with Crippen molar-refractivity contribution in [3.05, 3.63) is 42.5 Å². The van der Waals surface area contributed by atoms with Gasteiger partial charge in [0.15, 0.2) is 0 Å². The van der Waals surface area contributed by atoms with E-state index >= 15 is 0 Å². The number of rotatable bonds is 5. The van der Waals surface area contributed by atoms with Crippen molar-refractivity contribution in [3.8, 4) is 5.75 Å². The van der Waals surface area contributed by atoms with Crippen molar-refractivity contribution < 1.29 is 4.74 Å². The number of likely N-dealkylation sites (tertiary alicyclic amines) is 1. The molecular formula is C17H24N2O. The van der Waals surface area contributed by atoms with Gasteiger partial charge in [-0.05, 0) is 49.0 Å². The maximum atomic E-state index is 5.61. The molecule has 2 heterocycles. The standard InChI is InChI=1S/C17H24N2O/c1-2-10-20-16-5-3-4-15(11-16)12-19-9-7-17(14-19)6-8-18-13-17/h2-5,11,18H,1,6-10,12-14H2. The van der Waals surface area contributed by atoms with Crippen molar-refractivity contribution in [1.29, 1.82) is 0 Å². The highest BCUT2D eigenvalue weighted by Gasteiger charge is 2.39. The van der Waals surface area contributed by atoms with Crippen molar-refractivity contribution in [2.45, 2.75) is 19.4 Å². The normalized spacial score (nSPS) is 26.2. The first kappa shape index (κ1) is 13.7. The summed E-state index contributed by atoms with van der Waals surface area (Å²) in [5.74, 6) is 0.943. The van der Waals surface area contributed by atoms with E-state index in [0.717, 1.165) is 12.3 Å². The molecule has 1 N–H and O–H groups in total. The van der Waals surface area contributed by atoms with E-state index in [1.54, 1.807) is 6.08 Å². The molecule has 0 aliphatic carbocycles. The van der Waals surface area contributed by atoms with E-state index in [2.05, 4.69) is 35.0 Å². The molecule has 0 amide bonds. The Kier molecular flexibility index (Phi) is 4.08. The number of nitrogens with one attached hydrogen (secondary N) is 1. The summed E-state index contributed by atoms with van der Waals surface area (Å²) in [6.45, 7) is 10.1. The number of hydrogen-bond donors (Lipinski definition) is 1. The summed E-state index contributed by atoms with van der Waals surface area (Å²) in [6.07, 6.45) is 4.46. The van der Waals surface area contributed by atoms with Gasteiger partial charge in [-0.15, -0.1) is 0 Å². The monoisotopic (exact) mass is 272 g/mol. The minimum absolute atomic E-state index is 0.553. The van der Waals surface area contributed by atoms with Crippen molar-refractivity contribution in [2.24, 2.45) is 5.41 Å². The molecule has 3 heteroatoms. The Labute approximate surface area is 121 Å². The van der Waals surface area contributed by atoms with Gasteiger partial charge < -0.3 is 10.1 Å². The van der Waals surface area contributed by atoms with Crippen LogP contribution in [-0.2, 0) is 6.54 Å². The van der Waals surface area contributed by atoms with Crippen LogP contribution >= 0.6 is 0 Å². The highest BCUT2D eigenvalue weighted by molar-refractivity contribution is 5.28. The van der Waals surface area contributed by atoms with Crippen LogP contribution in [0.15, 0.2) is 36.9 Å². The van der Waals surface area contributed by atoms with Gasteiger partial charge in [0.05, 0.1) is 0 Å². The molecule has 3 rings (SSSR count). The van der Waals surface area contributed by atoms with Gasteiger partial charge in [-0.3, -0.25) is 4.90 Å². The first-order chi connectivity index (χ1) is 9.80. The molecule has 1 unspecified atom stereocenters. The quantitative estimate of drug-likeness (QED) is 0.833. The fourth-order valence-electron chi connectivity index (χ4n) is 3.45. The van der Waals surface area contributed by atoms with Crippen LogP contribution in [-0.4, -0.2) is 37.7 Å². The van der Waals surface area contributed by atoms with E-state index in [1.165, 1.54) is 44.6 Å². The molecule has 2 saturated heterocycles. The summed E-state index contributed by atoms with van der Waals surface area (Å²) in [7, 11) is 0. The first-order valence-corrected chi connectivity index (χ1v) is 7.55. The second-order valence-electron chi connectivity index (χ2n) is 6.13. The number of nitrogens with zero attached hydrogens (tertiary/aromatic N) is 1. The maximum Gasteiger partial charge on any atom is 0.120 e. The van der Waals surface area contributed by atoms with Crippen LogP contribution in [0.5, 0.6) is 5.75 Å². The summed E-state index contributed by atoms with van der Waals surface area (Å²) < 4.78 is 5.61. The molecule has 1 aromatic rings.